The highest BCUT2D eigenvalue weighted by atomic mass is 32.2. The number of hydrogen-bond donors (Lipinski definition) is 5. The molecule has 2 saturated heterocycles. The number of benzene rings is 5. The van der Waals surface area contributed by atoms with E-state index in [1.807, 2.05) is 133 Å². The summed E-state index contributed by atoms with van der Waals surface area (Å²) in [5.74, 6) is -1.99. The molecule has 9 amide bonds. The largest absolute Gasteiger partial charge is 0.353 e. The van der Waals surface area contributed by atoms with Crippen molar-refractivity contribution in [2.45, 2.75) is 119 Å². The molecule has 0 saturated carbocycles. The van der Waals surface area contributed by atoms with Crippen molar-refractivity contribution in [3.8, 4) is 0 Å². The van der Waals surface area contributed by atoms with Crippen molar-refractivity contribution in [1.82, 2.24) is 50.8 Å². The average Bonchev–Trinajstić information content (AvgIpc) is 3.81. The van der Waals surface area contributed by atoms with Crippen LogP contribution in [0.15, 0.2) is 128 Å². The first-order valence-corrected chi connectivity index (χ1v) is 32.6. The van der Waals surface area contributed by atoms with Gasteiger partial charge in [-0.2, -0.15) is 23.5 Å². The Morgan fingerprint density at radius 1 is 0.534 bits per heavy atom. The van der Waals surface area contributed by atoms with Crippen molar-refractivity contribution in [2.24, 2.45) is 7.05 Å². The van der Waals surface area contributed by atoms with Gasteiger partial charge in [0.05, 0.1) is 6.54 Å². The fourth-order valence-corrected chi connectivity index (χ4v) is 13.8. The molecule has 0 radical (unpaired) electrons. The van der Waals surface area contributed by atoms with Gasteiger partial charge in [-0.05, 0) is 84.2 Å². The average molecular weight is 1230 g/mol. The molecule has 3 aliphatic heterocycles. The zero-order chi connectivity index (χ0) is 62.4. The highest BCUT2D eigenvalue weighted by molar-refractivity contribution is 7.98. The molecule has 7 atom stereocenters. The zero-order valence-corrected chi connectivity index (χ0v) is 52.3. The van der Waals surface area contributed by atoms with Gasteiger partial charge in [0, 0.05) is 107 Å². The number of carbonyl (C=O) groups excluding carboxylic acids is 9. The van der Waals surface area contributed by atoms with Gasteiger partial charge in [-0.25, -0.2) is 0 Å². The molecule has 1 aromatic heterocycles. The lowest BCUT2D eigenvalue weighted by Gasteiger charge is -2.35. The highest BCUT2D eigenvalue weighted by Crippen LogP contribution is 2.27. The number of para-hydroxylation sites is 1. The number of carbonyl (C=O) groups is 9. The van der Waals surface area contributed by atoms with E-state index < -0.39 is 84.3 Å². The Hall–Kier alpha value is -8.17. The number of aromatic nitrogens is 1. The number of rotatable bonds is 6. The van der Waals surface area contributed by atoms with E-state index >= 15 is 9.59 Å². The number of hydrogen-bond acceptors (Lipinski definition) is 11. The maximum Gasteiger partial charge on any atom is 0.246 e. The summed E-state index contributed by atoms with van der Waals surface area (Å²) in [7, 11) is 4.97. The van der Waals surface area contributed by atoms with E-state index in [-0.39, 0.29) is 56.4 Å². The molecular weight excluding hydrogens is 1150 g/mol. The fourth-order valence-electron chi connectivity index (χ4n) is 12.1. The van der Waals surface area contributed by atoms with Gasteiger partial charge in [0.15, 0.2) is 0 Å². The van der Waals surface area contributed by atoms with Crippen LogP contribution in [0.3, 0.4) is 0 Å². The van der Waals surface area contributed by atoms with E-state index in [9.17, 15) is 33.6 Å². The first-order valence-electron chi connectivity index (χ1n) is 30.3. The summed E-state index contributed by atoms with van der Waals surface area (Å²) in [6, 6.07) is 31.1. The Morgan fingerprint density at radius 3 is 1.90 bits per heavy atom. The van der Waals surface area contributed by atoms with Crippen LogP contribution in [0.1, 0.15) is 73.8 Å². The first kappa shape index (κ1) is 64.3. The van der Waals surface area contributed by atoms with Gasteiger partial charge in [0.25, 0.3) is 0 Å². The number of thioether (sulfide) groups is 2. The molecule has 2 bridgehead atoms. The Morgan fingerprint density at radius 2 is 1.16 bits per heavy atom. The number of nitrogens with one attached hydrogen (secondary N) is 5. The summed E-state index contributed by atoms with van der Waals surface area (Å²) in [4.78, 5) is 135. The molecule has 0 aliphatic carbocycles. The van der Waals surface area contributed by atoms with E-state index in [0.29, 0.717) is 55.4 Å². The quantitative estimate of drug-likeness (QED) is 0.144. The highest BCUT2D eigenvalue weighted by Gasteiger charge is 2.43. The smallest absolute Gasteiger partial charge is 0.246 e. The van der Waals surface area contributed by atoms with Crippen molar-refractivity contribution in [2.75, 3.05) is 51.8 Å². The molecule has 9 rings (SSSR count). The molecule has 3 aliphatic rings. The SMILES string of the molecule is C[C@@H]1NC(=O)[C@@H]2CCCN2C(=O)[C@H](Cc2cn(C)c3ccccc23)NC(=O)[C@H](Cc2cccc3ccccc23)NC(=O)CNC(=O)[C@H](C)N(C)C(=O)CCSCc2cccc(c2)CSCCNC(=O)[C@@H]2CCCN2C(=O)[C@H](Cc2ccccc2)N(C)C1=O. The lowest BCUT2D eigenvalue weighted by molar-refractivity contribution is -0.148. The van der Waals surface area contributed by atoms with Crippen molar-refractivity contribution < 1.29 is 43.2 Å². The lowest BCUT2D eigenvalue weighted by atomic mass is 9.97. The number of nitrogens with zero attached hydrogens (tertiary/aromatic N) is 5. The van der Waals surface area contributed by atoms with Gasteiger partial charge < -0.3 is 50.8 Å². The van der Waals surface area contributed by atoms with Gasteiger partial charge in [-0.1, -0.05) is 115 Å². The van der Waals surface area contributed by atoms with Crippen LogP contribution < -0.4 is 26.6 Å². The van der Waals surface area contributed by atoms with Gasteiger partial charge in [0.2, 0.25) is 53.2 Å². The number of aryl methyl sites for hydroxylation is 1. The maximum absolute atomic E-state index is 15.4. The summed E-state index contributed by atoms with van der Waals surface area (Å²) in [6.45, 7) is 3.49. The minimum Gasteiger partial charge on any atom is -0.353 e. The summed E-state index contributed by atoms with van der Waals surface area (Å²) >= 11 is 3.27. The lowest BCUT2D eigenvalue weighted by Crippen LogP contribution is -2.60. The Kier molecular flexibility index (Phi) is 22.0. The zero-order valence-electron chi connectivity index (χ0n) is 50.7. The van der Waals surface area contributed by atoms with Crippen LogP contribution in [0.5, 0.6) is 0 Å². The van der Waals surface area contributed by atoms with E-state index in [1.54, 1.807) is 49.3 Å². The second-order valence-electron chi connectivity index (χ2n) is 23.1. The van der Waals surface area contributed by atoms with Crippen LogP contribution in [0, 0.1) is 0 Å². The molecule has 464 valence electrons. The van der Waals surface area contributed by atoms with E-state index in [4.69, 9.17) is 0 Å². The molecule has 5 N–H and O–H groups in total. The minimum atomic E-state index is -1.27. The Balaban J connectivity index is 0.995. The topological polar surface area (TPSA) is 232 Å². The molecule has 6 aromatic rings. The van der Waals surface area contributed by atoms with Crippen LogP contribution in [-0.4, -0.2) is 171 Å². The second-order valence-corrected chi connectivity index (χ2v) is 25.3. The third-order valence-electron chi connectivity index (χ3n) is 17.1. The monoisotopic (exact) mass is 1230 g/mol. The number of likely N-dealkylation sites (N-methyl/N-ethyl adjacent to an activating group) is 2. The van der Waals surface area contributed by atoms with Gasteiger partial charge in [-0.15, -0.1) is 0 Å². The predicted octanol–water partition coefficient (Wildman–Crippen LogP) is 5.29. The summed E-state index contributed by atoms with van der Waals surface area (Å²) in [6.07, 6.45) is 4.00. The third kappa shape index (κ3) is 15.9. The van der Waals surface area contributed by atoms with E-state index in [2.05, 4.69) is 32.7 Å². The van der Waals surface area contributed by atoms with Crippen LogP contribution >= 0.6 is 23.5 Å². The molecule has 2 fully saturated rings. The summed E-state index contributed by atoms with van der Waals surface area (Å²) in [5.41, 5.74) is 5.39. The molecule has 21 heteroatoms. The molecule has 5 aromatic carbocycles. The van der Waals surface area contributed by atoms with Crippen molar-refractivity contribution in [3.63, 3.8) is 0 Å². The summed E-state index contributed by atoms with van der Waals surface area (Å²) < 4.78 is 1.93. The second kappa shape index (κ2) is 30.2. The predicted molar refractivity (Wildman–Crippen MR) is 344 cm³/mol. The number of fused-ring (bicyclic) bond motifs is 6. The van der Waals surface area contributed by atoms with Crippen molar-refractivity contribution >= 4 is 98.4 Å². The van der Waals surface area contributed by atoms with Gasteiger partial charge in [0.1, 0.15) is 42.3 Å². The first-order chi connectivity index (χ1) is 42.4. The van der Waals surface area contributed by atoms with Crippen molar-refractivity contribution in [3.05, 3.63) is 155 Å². The molecular formula is C67H80N10O9S2. The van der Waals surface area contributed by atoms with Crippen LogP contribution in [0.4, 0.5) is 0 Å². The van der Waals surface area contributed by atoms with Crippen LogP contribution in [0.25, 0.3) is 21.7 Å². The maximum atomic E-state index is 15.4. The molecule has 0 spiro atoms. The number of amides is 9. The standard InChI is InChI=1S/C67H80N10O9S2/c1-43-65(84)75(5)58(36-45-17-7-6-8-18-45)67(86)77-32-15-27-56(77)63(82)68-30-34-88-42-47-20-13-19-46(35-47)41-87-33-29-60(79)74(4)44(2)61(80)69-39-59(78)71-53(37-49-23-14-22-48-21-9-10-24-51(48)49)62(81)72-54(66(85)76-31-16-28-57(76)64(83)70-43)38-50-40-73(3)55-26-12-11-25-52(50)55/h6-14,17-26,35,40,43-44,53-54,56-58H,15-16,27-34,36-39,41-42H2,1-5H3,(H,68,82)(H,69,80)(H,70,83)(H,71,78)(H,72,81)/t43-,44-,53-,54-,56-,57-,58-/m0/s1. The molecule has 4 heterocycles. The van der Waals surface area contributed by atoms with Gasteiger partial charge >= 0.3 is 0 Å². The Bertz CT molecular complexity index is 3520. The summed E-state index contributed by atoms with van der Waals surface area (Å²) in [5, 5.41) is 17.0. The molecule has 19 nitrogen and oxygen atoms in total. The van der Waals surface area contributed by atoms with Crippen LogP contribution in [0.2, 0.25) is 0 Å². The van der Waals surface area contributed by atoms with E-state index in [0.717, 1.165) is 49.5 Å². The third-order valence-corrected chi connectivity index (χ3v) is 19.1. The fraction of sp³-hybridized carbons (Fsp3) is 0.418. The molecule has 0 unspecified atom stereocenters. The van der Waals surface area contributed by atoms with Crippen molar-refractivity contribution in [1.29, 1.82) is 0 Å². The Labute approximate surface area is 522 Å². The molecule has 88 heavy (non-hydrogen) atoms. The van der Waals surface area contributed by atoms with Crippen LogP contribution in [-0.2, 0) is 81.0 Å². The van der Waals surface area contributed by atoms with Gasteiger partial charge in [-0.3, -0.25) is 43.2 Å². The normalized spacial score (nSPS) is 23.6. The van der Waals surface area contributed by atoms with E-state index in [1.165, 1.54) is 21.7 Å². The minimum absolute atomic E-state index is 0.000927.